The maximum atomic E-state index is 11.4. The first-order chi connectivity index (χ1) is 6.74. The summed E-state index contributed by atoms with van der Waals surface area (Å²) in [6.07, 6.45) is 0.768. The lowest BCUT2D eigenvalue weighted by Gasteiger charge is -2.03. The summed E-state index contributed by atoms with van der Waals surface area (Å²) in [5.74, 6) is 0.0157. The standard InChI is InChI=1S/C10H14N2O2/c11-6-1-7-12-10(14)8-2-4-9(13)5-3-8/h2-5,13H,1,6-7,11H2,(H,12,14). The number of hydrogen-bond donors (Lipinski definition) is 3. The van der Waals surface area contributed by atoms with Gasteiger partial charge in [0, 0.05) is 12.1 Å². The van der Waals surface area contributed by atoms with E-state index >= 15 is 0 Å². The van der Waals surface area contributed by atoms with Gasteiger partial charge in [-0.25, -0.2) is 0 Å². The number of carbonyl (C=O) groups is 1. The van der Waals surface area contributed by atoms with Crippen LogP contribution in [0.3, 0.4) is 0 Å². The van der Waals surface area contributed by atoms with E-state index in [0.717, 1.165) is 6.42 Å². The van der Waals surface area contributed by atoms with Gasteiger partial charge >= 0.3 is 0 Å². The topological polar surface area (TPSA) is 75.3 Å². The number of nitrogens with one attached hydrogen (secondary N) is 1. The van der Waals surface area contributed by atoms with E-state index in [4.69, 9.17) is 10.8 Å². The van der Waals surface area contributed by atoms with Gasteiger partial charge in [0.1, 0.15) is 5.75 Å². The Morgan fingerprint density at radius 1 is 1.36 bits per heavy atom. The molecule has 4 N–H and O–H groups in total. The molecule has 0 unspecified atom stereocenters. The first-order valence-corrected chi connectivity index (χ1v) is 4.51. The summed E-state index contributed by atoms with van der Waals surface area (Å²) >= 11 is 0. The number of nitrogens with two attached hydrogens (primary N) is 1. The summed E-state index contributed by atoms with van der Waals surface area (Å²) in [6.45, 7) is 1.14. The van der Waals surface area contributed by atoms with Gasteiger partial charge in [0.05, 0.1) is 0 Å². The first kappa shape index (κ1) is 10.5. The van der Waals surface area contributed by atoms with E-state index in [9.17, 15) is 4.79 Å². The third kappa shape index (κ3) is 3.06. The van der Waals surface area contributed by atoms with Crippen LogP contribution in [0.15, 0.2) is 24.3 Å². The molecule has 0 aliphatic rings. The van der Waals surface area contributed by atoms with Crippen LogP contribution in [0.1, 0.15) is 16.8 Å². The monoisotopic (exact) mass is 194 g/mol. The summed E-state index contributed by atoms with van der Waals surface area (Å²) in [5, 5.41) is 11.7. The summed E-state index contributed by atoms with van der Waals surface area (Å²) in [7, 11) is 0. The summed E-state index contributed by atoms with van der Waals surface area (Å²) in [6, 6.07) is 6.12. The minimum atomic E-state index is -0.140. The molecule has 0 spiro atoms. The molecule has 0 saturated heterocycles. The quantitative estimate of drug-likeness (QED) is 0.610. The van der Waals surface area contributed by atoms with Crippen LogP contribution in [-0.2, 0) is 0 Å². The van der Waals surface area contributed by atoms with Crippen LogP contribution in [0, 0.1) is 0 Å². The number of carbonyl (C=O) groups excluding carboxylic acids is 1. The maximum Gasteiger partial charge on any atom is 0.251 e. The van der Waals surface area contributed by atoms with Crippen molar-refractivity contribution in [3.05, 3.63) is 29.8 Å². The van der Waals surface area contributed by atoms with Gasteiger partial charge in [0.2, 0.25) is 0 Å². The molecule has 1 rings (SSSR count). The second kappa shape index (κ2) is 5.24. The lowest BCUT2D eigenvalue weighted by Crippen LogP contribution is -2.25. The normalized spacial score (nSPS) is 9.79. The predicted octanol–water partition coefficient (Wildman–Crippen LogP) is 0.471. The highest BCUT2D eigenvalue weighted by molar-refractivity contribution is 5.94. The molecule has 0 aliphatic heterocycles. The predicted molar refractivity (Wildman–Crippen MR) is 54.1 cm³/mol. The van der Waals surface area contributed by atoms with Crippen molar-refractivity contribution < 1.29 is 9.90 Å². The van der Waals surface area contributed by atoms with Gasteiger partial charge in [0.15, 0.2) is 0 Å². The summed E-state index contributed by atoms with van der Waals surface area (Å²) in [4.78, 5) is 11.4. The van der Waals surface area contributed by atoms with Crippen molar-refractivity contribution in [1.29, 1.82) is 0 Å². The molecule has 1 aromatic carbocycles. The fourth-order valence-corrected chi connectivity index (χ4v) is 1.02. The van der Waals surface area contributed by atoms with Gasteiger partial charge in [-0.3, -0.25) is 4.79 Å². The highest BCUT2D eigenvalue weighted by Crippen LogP contribution is 2.09. The van der Waals surface area contributed by atoms with E-state index in [1.807, 2.05) is 0 Å². The molecule has 0 saturated carbocycles. The van der Waals surface area contributed by atoms with Gasteiger partial charge in [-0.1, -0.05) is 0 Å². The second-order valence-electron chi connectivity index (χ2n) is 2.95. The van der Waals surface area contributed by atoms with Crippen LogP contribution >= 0.6 is 0 Å². The molecule has 0 aromatic heterocycles. The molecule has 0 aliphatic carbocycles. The molecule has 1 aromatic rings. The molecule has 76 valence electrons. The lowest BCUT2D eigenvalue weighted by molar-refractivity contribution is 0.0953. The molecular formula is C10H14N2O2. The van der Waals surface area contributed by atoms with Gasteiger partial charge in [-0.2, -0.15) is 0 Å². The molecule has 0 heterocycles. The first-order valence-electron chi connectivity index (χ1n) is 4.51. The zero-order chi connectivity index (χ0) is 10.4. The van der Waals surface area contributed by atoms with Crippen molar-refractivity contribution in [2.45, 2.75) is 6.42 Å². The molecule has 0 atom stereocenters. The third-order valence-corrected chi connectivity index (χ3v) is 1.80. The van der Waals surface area contributed by atoms with Gasteiger partial charge in [-0.05, 0) is 37.2 Å². The second-order valence-corrected chi connectivity index (χ2v) is 2.95. The Kier molecular flexibility index (Phi) is 3.94. The number of aromatic hydroxyl groups is 1. The Morgan fingerprint density at radius 2 is 2.00 bits per heavy atom. The Hall–Kier alpha value is -1.55. The van der Waals surface area contributed by atoms with Gasteiger partial charge < -0.3 is 16.2 Å². The molecule has 4 heteroatoms. The highest BCUT2D eigenvalue weighted by atomic mass is 16.3. The minimum Gasteiger partial charge on any atom is -0.508 e. The van der Waals surface area contributed by atoms with E-state index in [2.05, 4.69) is 5.32 Å². The Labute approximate surface area is 82.7 Å². The van der Waals surface area contributed by atoms with Crippen molar-refractivity contribution >= 4 is 5.91 Å². The van der Waals surface area contributed by atoms with Crippen molar-refractivity contribution in [3.8, 4) is 5.75 Å². The molecule has 0 radical (unpaired) electrons. The SMILES string of the molecule is NCCCNC(=O)c1ccc(O)cc1. The maximum absolute atomic E-state index is 11.4. The summed E-state index contributed by atoms with van der Waals surface area (Å²) < 4.78 is 0. The zero-order valence-corrected chi connectivity index (χ0v) is 7.86. The number of phenolic OH excluding ortho intramolecular Hbond substituents is 1. The third-order valence-electron chi connectivity index (χ3n) is 1.80. The van der Waals surface area contributed by atoms with Crippen LogP contribution in [0.4, 0.5) is 0 Å². The number of hydrogen-bond acceptors (Lipinski definition) is 3. The fourth-order valence-electron chi connectivity index (χ4n) is 1.02. The Balaban J connectivity index is 2.48. The molecule has 0 bridgehead atoms. The van der Waals surface area contributed by atoms with Crippen molar-refractivity contribution in [1.82, 2.24) is 5.32 Å². The van der Waals surface area contributed by atoms with E-state index in [1.54, 1.807) is 12.1 Å². The molecule has 4 nitrogen and oxygen atoms in total. The smallest absolute Gasteiger partial charge is 0.251 e. The highest BCUT2D eigenvalue weighted by Gasteiger charge is 2.03. The Morgan fingerprint density at radius 3 is 2.57 bits per heavy atom. The molecular weight excluding hydrogens is 180 g/mol. The average molecular weight is 194 g/mol. The lowest BCUT2D eigenvalue weighted by atomic mass is 10.2. The fraction of sp³-hybridized carbons (Fsp3) is 0.300. The van der Waals surface area contributed by atoms with Crippen LogP contribution in [0.2, 0.25) is 0 Å². The largest absolute Gasteiger partial charge is 0.508 e. The van der Waals surface area contributed by atoms with Crippen LogP contribution in [0.25, 0.3) is 0 Å². The minimum absolute atomic E-state index is 0.140. The van der Waals surface area contributed by atoms with Crippen molar-refractivity contribution in [2.75, 3.05) is 13.1 Å². The van der Waals surface area contributed by atoms with Crippen molar-refractivity contribution in [3.63, 3.8) is 0 Å². The summed E-state index contributed by atoms with van der Waals surface area (Å²) in [5.41, 5.74) is 5.83. The molecule has 1 amide bonds. The van der Waals surface area contributed by atoms with Gasteiger partial charge in [0.25, 0.3) is 5.91 Å². The Bertz CT molecular complexity index is 295. The average Bonchev–Trinajstić information content (AvgIpc) is 2.19. The van der Waals surface area contributed by atoms with Gasteiger partial charge in [-0.15, -0.1) is 0 Å². The van der Waals surface area contributed by atoms with E-state index in [-0.39, 0.29) is 11.7 Å². The van der Waals surface area contributed by atoms with Crippen LogP contribution in [-0.4, -0.2) is 24.1 Å². The van der Waals surface area contributed by atoms with E-state index in [1.165, 1.54) is 12.1 Å². The van der Waals surface area contributed by atoms with E-state index < -0.39 is 0 Å². The number of amides is 1. The number of benzene rings is 1. The number of phenols is 1. The zero-order valence-electron chi connectivity index (χ0n) is 7.86. The van der Waals surface area contributed by atoms with Crippen LogP contribution < -0.4 is 11.1 Å². The molecule has 14 heavy (non-hydrogen) atoms. The van der Waals surface area contributed by atoms with Crippen LogP contribution in [0.5, 0.6) is 5.75 Å². The van der Waals surface area contributed by atoms with E-state index in [0.29, 0.717) is 18.7 Å². The van der Waals surface area contributed by atoms with Crippen molar-refractivity contribution in [2.24, 2.45) is 5.73 Å². The molecule has 0 fully saturated rings. The number of rotatable bonds is 4.